The second-order valence-corrected chi connectivity index (χ2v) is 7.92. The first-order chi connectivity index (χ1) is 15.1. The molecule has 8 heteroatoms. The number of aliphatic hydroxyl groups is 1. The van der Waals surface area contributed by atoms with E-state index in [1.165, 1.54) is 0 Å². The molecule has 0 radical (unpaired) electrons. The van der Waals surface area contributed by atoms with Crippen molar-refractivity contribution in [2.24, 2.45) is 5.92 Å². The molecule has 0 aliphatic carbocycles. The summed E-state index contributed by atoms with van der Waals surface area (Å²) in [7, 11) is 1.80. The van der Waals surface area contributed by atoms with Crippen LogP contribution in [-0.4, -0.2) is 64.8 Å². The van der Waals surface area contributed by atoms with E-state index in [0.717, 1.165) is 54.3 Å². The molecular formula is C23H29N5O3. The maximum Gasteiger partial charge on any atom is 0.160 e. The van der Waals surface area contributed by atoms with Crippen LogP contribution >= 0.6 is 0 Å². The van der Waals surface area contributed by atoms with Crippen LogP contribution in [0.1, 0.15) is 17.7 Å². The Morgan fingerprint density at radius 3 is 2.97 bits per heavy atom. The fourth-order valence-electron chi connectivity index (χ4n) is 3.77. The van der Waals surface area contributed by atoms with Crippen LogP contribution in [0.25, 0.3) is 22.8 Å². The smallest absolute Gasteiger partial charge is 0.160 e. The lowest BCUT2D eigenvalue weighted by Crippen LogP contribution is -2.29. The number of aliphatic hydroxyl groups excluding tert-OH is 1. The van der Waals surface area contributed by atoms with Crippen molar-refractivity contribution in [2.75, 3.05) is 33.4 Å². The Bertz CT molecular complexity index is 987. The highest BCUT2D eigenvalue weighted by molar-refractivity contribution is 5.65. The van der Waals surface area contributed by atoms with Crippen LogP contribution in [0.3, 0.4) is 0 Å². The van der Waals surface area contributed by atoms with Crippen molar-refractivity contribution in [1.29, 1.82) is 0 Å². The van der Waals surface area contributed by atoms with Crippen LogP contribution in [0.2, 0.25) is 0 Å². The molecule has 3 aromatic rings. The summed E-state index contributed by atoms with van der Waals surface area (Å²) in [5.41, 5.74) is 4.67. The first-order valence-electron chi connectivity index (χ1n) is 10.6. The van der Waals surface area contributed by atoms with Crippen molar-refractivity contribution in [2.45, 2.75) is 25.9 Å². The van der Waals surface area contributed by atoms with Crippen molar-refractivity contribution >= 4 is 0 Å². The Balaban J connectivity index is 1.65. The van der Waals surface area contributed by atoms with Gasteiger partial charge < -0.3 is 19.9 Å². The molecule has 2 atom stereocenters. The molecule has 1 unspecified atom stereocenters. The Morgan fingerprint density at radius 2 is 2.23 bits per heavy atom. The molecule has 31 heavy (non-hydrogen) atoms. The van der Waals surface area contributed by atoms with E-state index in [-0.39, 0.29) is 6.61 Å². The van der Waals surface area contributed by atoms with Gasteiger partial charge in [0.25, 0.3) is 0 Å². The summed E-state index contributed by atoms with van der Waals surface area (Å²) < 4.78 is 11.3. The minimum atomic E-state index is -0.573. The number of benzene rings is 1. The van der Waals surface area contributed by atoms with E-state index in [0.29, 0.717) is 24.0 Å². The van der Waals surface area contributed by atoms with Gasteiger partial charge in [-0.3, -0.25) is 5.10 Å². The van der Waals surface area contributed by atoms with Gasteiger partial charge in [-0.25, -0.2) is 9.97 Å². The average molecular weight is 424 g/mol. The molecule has 1 aliphatic rings. The van der Waals surface area contributed by atoms with Crippen molar-refractivity contribution in [3.63, 3.8) is 0 Å². The Labute approximate surface area is 182 Å². The van der Waals surface area contributed by atoms with Crippen LogP contribution in [-0.2, 0) is 11.2 Å². The summed E-state index contributed by atoms with van der Waals surface area (Å²) in [6.07, 6.45) is 3.06. The topological polar surface area (TPSA) is 105 Å². The molecule has 2 aromatic heterocycles. The van der Waals surface area contributed by atoms with Gasteiger partial charge in [0.2, 0.25) is 0 Å². The summed E-state index contributed by atoms with van der Waals surface area (Å²) in [6, 6.07) is 9.59. The third-order valence-corrected chi connectivity index (χ3v) is 5.48. The van der Waals surface area contributed by atoms with Crippen LogP contribution in [0.5, 0.6) is 5.75 Å². The molecule has 0 spiro atoms. The number of aromatic amines is 1. The Kier molecular flexibility index (Phi) is 6.91. The fourth-order valence-corrected chi connectivity index (χ4v) is 3.77. The molecule has 1 aromatic carbocycles. The largest absolute Gasteiger partial charge is 0.491 e. The highest BCUT2D eigenvalue weighted by Crippen LogP contribution is 2.29. The maximum absolute atomic E-state index is 9.91. The van der Waals surface area contributed by atoms with E-state index in [9.17, 15) is 5.11 Å². The molecule has 8 nitrogen and oxygen atoms in total. The van der Waals surface area contributed by atoms with Gasteiger partial charge in [0.1, 0.15) is 18.5 Å². The molecular weight excluding hydrogens is 394 g/mol. The van der Waals surface area contributed by atoms with Gasteiger partial charge in [0.05, 0.1) is 11.4 Å². The zero-order valence-corrected chi connectivity index (χ0v) is 18.0. The lowest BCUT2D eigenvalue weighted by atomic mass is 9.98. The highest BCUT2D eigenvalue weighted by atomic mass is 16.5. The van der Waals surface area contributed by atoms with E-state index in [1.54, 1.807) is 13.2 Å². The summed E-state index contributed by atoms with van der Waals surface area (Å²) in [5, 5.41) is 20.0. The van der Waals surface area contributed by atoms with Crippen LogP contribution in [0.15, 0.2) is 36.5 Å². The fraction of sp³-hybridized carbons (Fsp3) is 0.435. The molecule has 3 N–H and O–H groups in total. The molecule has 164 valence electrons. The lowest BCUT2D eigenvalue weighted by Gasteiger charge is -2.15. The molecule has 0 bridgehead atoms. The number of H-pyrrole nitrogens is 1. The SMILES string of the molecule is CNCC(O)COc1cccc(-c2nc(C[C@@H]3CCOC3)c(C)c(-c3ccn[nH]3)n2)c1. The zero-order valence-electron chi connectivity index (χ0n) is 18.0. The molecule has 0 saturated carbocycles. The summed E-state index contributed by atoms with van der Waals surface area (Å²) in [4.78, 5) is 9.78. The molecule has 4 rings (SSSR count). The van der Waals surface area contributed by atoms with Crippen molar-refractivity contribution in [1.82, 2.24) is 25.5 Å². The summed E-state index contributed by atoms with van der Waals surface area (Å²) >= 11 is 0. The average Bonchev–Trinajstić information content (AvgIpc) is 3.49. The summed E-state index contributed by atoms with van der Waals surface area (Å²) in [6.45, 7) is 4.34. The van der Waals surface area contributed by atoms with Crippen LogP contribution < -0.4 is 10.1 Å². The minimum absolute atomic E-state index is 0.214. The highest BCUT2D eigenvalue weighted by Gasteiger charge is 2.21. The predicted molar refractivity (Wildman–Crippen MR) is 118 cm³/mol. The lowest BCUT2D eigenvalue weighted by molar-refractivity contribution is 0.108. The number of hydrogen-bond donors (Lipinski definition) is 3. The van der Waals surface area contributed by atoms with Gasteiger partial charge in [-0.2, -0.15) is 5.10 Å². The molecule has 3 heterocycles. The standard InChI is InChI=1S/C23H29N5O3/c1-15-21(10-16-7-9-30-13-16)26-23(27-22(15)20-6-8-25-28-20)17-4-3-5-19(11-17)31-14-18(29)12-24-2/h3-6,8,11,16,18,24,29H,7,9-10,12-14H2,1-2H3,(H,25,28)/t16-,18?/m0/s1. The first-order valence-corrected chi connectivity index (χ1v) is 10.6. The molecule has 1 saturated heterocycles. The van der Waals surface area contributed by atoms with Crippen molar-refractivity contribution in [3.05, 3.63) is 47.8 Å². The molecule has 1 aliphatic heterocycles. The van der Waals surface area contributed by atoms with E-state index in [1.807, 2.05) is 30.3 Å². The Hall–Kier alpha value is -2.81. The number of nitrogens with one attached hydrogen (secondary N) is 2. The summed E-state index contributed by atoms with van der Waals surface area (Å²) in [5.74, 6) is 1.79. The zero-order chi connectivity index (χ0) is 21.6. The van der Waals surface area contributed by atoms with Gasteiger partial charge in [-0.1, -0.05) is 12.1 Å². The number of rotatable bonds is 9. The number of aromatic nitrogens is 4. The maximum atomic E-state index is 9.91. The minimum Gasteiger partial charge on any atom is -0.491 e. The van der Waals surface area contributed by atoms with Crippen molar-refractivity contribution < 1.29 is 14.6 Å². The second kappa shape index (κ2) is 10.00. The van der Waals surface area contributed by atoms with Gasteiger partial charge in [0.15, 0.2) is 5.82 Å². The van der Waals surface area contributed by atoms with Gasteiger partial charge in [0, 0.05) is 37.2 Å². The monoisotopic (exact) mass is 423 g/mol. The second-order valence-electron chi connectivity index (χ2n) is 7.92. The van der Waals surface area contributed by atoms with Crippen molar-refractivity contribution in [3.8, 4) is 28.5 Å². The van der Waals surface area contributed by atoms with Gasteiger partial charge in [-0.05, 0) is 56.5 Å². The number of nitrogens with zero attached hydrogens (tertiary/aromatic N) is 3. The number of likely N-dealkylation sites (N-methyl/N-ethyl adjacent to an activating group) is 1. The van der Waals surface area contributed by atoms with Gasteiger partial charge in [-0.15, -0.1) is 0 Å². The van der Waals surface area contributed by atoms with Gasteiger partial charge >= 0.3 is 0 Å². The first kappa shape index (κ1) is 21.4. The Morgan fingerprint density at radius 1 is 1.32 bits per heavy atom. The third-order valence-electron chi connectivity index (χ3n) is 5.48. The molecule has 1 fully saturated rings. The predicted octanol–water partition coefficient (Wildman–Crippen LogP) is 2.38. The number of ether oxygens (including phenoxy) is 2. The van der Waals surface area contributed by atoms with Crippen LogP contribution in [0.4, 0.5) is 0 Å². The quantitative estimate of drug-likeness (QED) is 0.485. The van der Waals surface area contributed by atoms with E-state index in [4.69, 9.17) is 19.4 Å². The number of hydrogen-bond acceptors (Lipinski definition) is 7. The molecule has 0 amide bonds. The van der Waals surface area contributed by atoms with E-state index in [2.05, 4.69) is 22.4 Å². The third kappa shape index (κ3) is 5.28. The normalized spacial score (nSPS) is 17.1. The van der Waals surface area contributed by atoms with Crippen LogP contribution in [0, 0.1) is 12.8 Å². The van der Waals surface area contributed by atoms with E-state index < -0.39 is 6.10 Å². The van der Waals surface area contributed by atoms with E-state index >= 15 is 0 Å².